The number of anilines is 1. The predicted molar refractivity (Wildman–Crippen MR) is 88.1 cm³/mol. The average Bonchev–Trinajstić information content (AvgIpc) is 2.37. The van der Waals surface area contributed by atoms with Gasteiger partial charge >= 0.3 is 0 Å². The van der Waals surface area contributed by atoms with Gasteiger partial charge in [0.2, 0.25) is 10.0 Å². The average molecular weight is 313 g/mol. The van der Waals surface area contributed by atoms with Crippen molar-refractivity contribution < 1.29 is 8.42 Å². The monoisotopic (exact) mass is 313 g/mol. The van der Waals surface area contributed by atoms with Crippen molar-refractivity contribution in [3.8, 4) is 0 Å². The van der Waals surface area contributed by atoms with E-state index in [4.69, 9.17) is 0 Å². The Morgan fingerprint density at radius 1 is 1.10 bits per heavy atom. The van der Waals surface area contributed by atoms with Gasteiger partial charge in [-0.2, -0.15) is 0 Å². The van der Waals surface area contributed by atoms with Gasteiger partial charge < -0.3 is 10.2 Å². The molecule has 0 fully saturated rings. The molecule has 0 aliphatic carbocycles. The fourth-order valence-electron chi connectivity index (χ4n) is 2.02. The molecule has 1 N–H and O–H groups in total. The van der Waals surface area contributed by atoms with Crippen molar-refractivity contribution in [2.45, 2.75) is 24.8 Å². The minimum atomic E-state index is -3.45. The maximum absolute atomic E-state index is 12.4. The molecule has 21 heavy (non-hydrogen) atoms. The van der Waals surface area contributed by atoms with Gasteiger partial charge in [0.15, 0.2) is 0 Å². The summed E-state index contributed by atoms with van der Waals surface area (Å²) in [7, 11) is 3.67. The molecule has 0 aliphatic rings. The fraction of sp³-hybridized carbons (Fsp3) is 0.600. The third-order valence-corrected chi connectivity index (χ3v) is 5.23. The van der Waals surface area contributed by atoms with Crippen molar-refractivity contribution >= 4 is 15.7 Å². The lowest BCUT2D eigenvalue weighted by Gasteiger charge is -2.28. The summed E-state index contributed by atoms with van der Waals surface area (Å²) in [5.41, 5.74) is 0.659. The number of hydrogen-bond acceptors (Lipinski definition) is 4. The zero-order chi connectivity index (χ0) is 16.2. The molecule has 0 bridgehead atoms. The molecule has 6 heteroatoms. The van der Waals surface area contributed by atoms with Crippen LogP contribution >= 0.6 is 0 Å². The van der Waals surface area contributed by atoms with Crippen LogP contribution in [0.1, 0.15) is 13.8 Å². The second-order valence-corrected chi connectivity index (χ2v) is 8.16. The third kappa shape index (κ3) is 4.69. The van der Waals surface area contributed by atoms with E-state index in [0.29, 0.717) is 16.5 Å². The fourth-order valence-corrected chi connectivity index (χ4v) is 3.07. The number of hydrogen-bond donors (Lipinski definition) is 1. The summed E-state index contributed by atoms with van der Waals surface area (Å²) in [5, 5.41) is 3.39. The van der Waals surface area contributed by atoms with Crippen molar-refractivity contribution in [1.29, 1.82) is 0 Å². The van der Waals surface area contributed by atoms with E-state index in [1.807, 2.05) is 26.2 Å². The van der Waals surface area contributed by atoms with Crippen molar-refractivity contribution in [3.05, 3.63) is 24.3 Å². The smallest absolute Gasteiger partial charge is 0.244 e. The number of likely N-dealkylation sites (N-methyl/N-ethyl adjacent to an activating group) is 1. The quantitative estimate of drug-likeness (QED) is 0.836. The molecule has 5 nitrogen and oxygen atoms in total. The minimum absolute atomic E-state index is 0.179. The topological polar surface area (TPSA) is 52.7 Å². The van der Waals surface area contributed by atoms with Crippen LogP contribution < -0.4 is 5.32 Å². The number of rotatable bonds is 7. The van der Waals surface area contributed by atoms with E-state index in [2.05, 4.69) is 24.1 Å². The zero-order valence-electron chi connectivity index (χ0n) is 13.8. The van der Waals surface area contributed by atoms with Crippen LogP contribution in [0.15, 0.2) is 29.2 Å². The largest absolute Gasteiger partial charge is 0.380 e. The molecule has 0 spiro atoms. The summed E-state index contributed by atoms with van der Waals surface area (Å²) < 4.78 is 26.0. The molecule has 0 radical (unpaired) electrons. The number of nitrogens with one attached hydrogen (secondary N) is 1. The molecule has 1 rings (SSSR count). The molecule has 0 aromatic heterocycles. The predicted octanol–water partition coefficient (Wildman–Crippen LogP) is 1.94. The first-order chi connectivity index (χ1) is 9.66. The van der Waals surface area contributed by atoms with Gasteiger partial charge in [-0.05, 0) is 32.1 Å². The molecule has 1 unspecified atom stereocenters. The highest BCUT2D eigenvalue weighted by molar-refractivity contribution is 7.89. The Hall–Kier alpha value is -1.11. The van der Waals surface area contributed by atoms with Gasteiger partial charge in [-0.3, -0.25) is 0 Å². The molecular formula is C15H27N3O2S. The molecule has 120 valence electrons. The normalized spacial score (nSPS) is 14.0. The Morgan fingerprint density at radius 3 is 2.14 bits per heavy atom. The van der Waals surface area contributed by atoms with Gasteiger partial charge in [-0.15, -0.1) is 0 Å². The molecule has 0 aliphatic heterocycles. The molecule has 0 saturated carbocycles. The Labute approximate surface area is 129 Å². The number of benzene rings is 1. The summed E-state index contributed by atoms with van der Waals surface area (Å²) in [4.78, 5) is 2.42. The first-order valence-electron chi connectivity index (χ1n) is 7.09. The second-order valence-electron chi connectivity index (χ2n) is 6.04. The first kappa shape index (κ1) is 17.9. The van der Waals surface area contributed by atoms with Crippen LogP contribution in [0.2, 0.25) is 0 Å². The molecule has 0 amide bonds. The van der Waals surface area contributed by atoms with Gasteiger partial charge in [0.05, 0.1) is 5.69 Å². The third-order valence-electron chi connectivity index (χ3n) is 3.35. The highest BCUT2D eigenvalue weighted by atomic mass is 32.2. The van der Waals surface area contributed by atoms with E-state index in [9.17, 15) is 8.42 Å². The van der Waals surface area contributed by atoms with E-state index in [1.165, 1.54) is 4.31 Å². The summed E-state index contributed by atoms with van der Waals surface area (Å²) in [5.74, 6) is 0.391. The lowest BCUT2D eigenvalue weighted by Crippen LogP contribution is -2.37. The van der Waals surface area contributed by atoms with Gasteiger partial charge in [-0.1, -0.05) is 26.0 Å². The van der Waals surface area contributed by atoms with Crippen molar-refractivity contribution in [1.82, 2.24) is 9.21 Å². The van der Waals surface area contributed by atoms with Gasteiger partial charge in [-0.25, -0.2) is 12.7 Å². The molecular weight excluding hydrogens is 286 g/mol. The first-order valence-corrected chi connectivity index (χ1v) is 8.53. The molecule has 1 aromatic rings. The highest BCUT2D eigenvalue weighted by Crippen LogP contribution is 2.25. The van der Waals surface area contributed by atoms with Crippen LogP contribution in [0, 0.1) is 5.92 Å². The number of para-hydroxylation sites is 1. The summed E-state index contributed by atoms with van der Waals surface area (Å²) >= 11 is 0. The van der Waals surface area contributed by atoms with Gasteiger partial charge in [0, 0.05) is 26.7 Å². The number of sulfonamides is 1. The summed E-state index contributed by atoms with van der Waals surface area (Å²) in [6, 6.07) is 7.24. The highest BCUT2D eigenvalue weighted by Gasteiger charge is 2.23. The minimum Gasteiger partial charge on any atom is -0.380 e. The number of nitrogens with zero attached hydrogens (tertiary/aromatic N) is 2. The second kappa shape index (κ2) is 7.24. The van der Waals surface area contributed by atoms with Gasteiger partial charge in [0.25, 0.3) is 0 Å². The molecule has 1 atom stereocenters. The van der Waals surface area contributed by atoms with Crippen molar-refractivity contribution in [2.75, 3.05) is 40.1 Å². The maximum atomic E-state index is 12.4. The Balaban J connectivity index is 3.14. The van der Waals surface area contributed by atoms with Crippen LogP contribution in [0.3, 0.4) is 0 Å². The van der Waals surface area contributed by atoms with E-state index >= 15 is 0 Å². The van der Waals surface area contributed by atoms with Crippen LogP contribution in [0.4, 0.5) is 5.69 Å². The van der Waals surface area contributed by atoms with Crippen LogP contribution in [0.5, 0.6) is 0 Å². The van der Waals surface area contributed by atoms with Crippen LogP contribution in [0.25, 0.3) is 0 Å². The Kier molecular flexibility index (Phi) is 6.19. The van der Waals surface area contributed by atoms with Crippen LogP contribution in [-0.4, -0.2) is 58.4 Å². The Morgan fingerprint density at radius 2 is 1.67 bits per heavy atom. The van der Waals surface area contributed by atoms with E-state index in [-0.39, 0.29) is 6.04 Å². The van der Waals surface area contributed by atoms with E-state index < -0.39 is 10.0 Å². The zero-order valence-corrected chi connectivity index (χ0v) is 14.6. The standard InChI is InChI=1S/C15H27N3O2S/c1-12(2)14(11-17(3)4)16-13-9-7-8-10-15(13)21(19,20)18(5)6/h7-10,12,14,16H,11H2,1-6H3. The summed E-state index contributed by atoms with van der Waals surface area (Å²) in [6.45, 7) is 5.10. The van der Waals surface area contributed by atoms with E-state index in [0.717, 1.165) is 6.54 Å². The molecule has 1 aromatic carbocycles. The van der Waals surface area contributed by atoms with Gasteiger partial charge in [0.1, 0.15) is 4.90 Å². The maximum Gasteiger partial charge on any atom is 0.244 e. The van der Waals surface area contributed by atoms with Crippen molar-refractivity contribution in [2.24, 2.45) is 5.92 Å². The Bertz CT molecular complexity index is 554. The van der Waals surface area contributed by atoms with Crippen molar-refractivity contribution in [3.63, 3.8) is 0 Å². The molecule has 0 heterocycles. The summed E-state index contributed by atoms with van der Waals surface area (Å²) in [6.07, 6.45) is 0. The van der Waals surface area contributed by atoms with E-state index in [1.54, 1.807) is 26.2 Å². The molecule has 0 saturated heterocycles. The lowest BCUT2D eigenvalue weighted by molar-refractivity contribution is 0.344. The lowest BCUT2D eigenvalue weighted by atomic mass is 10.0. The van der Waals surface area contributed by atoms with Crippen LogP contribution in [-0.2, 0) is 10.0 Å². The SMILES string of the molecule is CC(C)C(CN(C)C)Nc1ccccc1S(=O)(=O)N(C)C.